The van der Waals surface area contributed by atoms with Crippen molar-refractivity contribution in [1.29, 1.82) is 0 Å². The summed E-state index contributed by atoms with van der Waals surface area (Å²) in [5.41, 5.74) is -7.02. The second-order valence-corrected chi connectivity index (χ2v) is 12.4. The van der Waals surface area contributed by atoms with E-state index in [0.717, 1.165) is 36.4 Å². The fourth-order valence-electron chi connectivity index (χ4n) is 5.31. The molecule has 1 atom stereocenters. The van der Waals surface area contributed by atoms with E-state index in [4.69, 9.17) is 0 Å². The first kappa shape index (κ1) is 31.5. The van der Waals surface area contributed by atoms with Crippen molar-refractivity contribution < 1.29 is 53.8 Å². The van der Waals surface area contributed by atoms with E-state index in [0.29, 0.717) is 12.1 Å². The fraction of sp³-hybridized carbons (Fsp3) is 0.462. The Balaban J connectivity index is 1.74. The molecule has 4 rings (SSSR count). The molecule has 42 heavy (non-hydrogen) atoms. The van der Waals surface area contributed by atoms with Crippen molar-refractivity contribution in [1.82, 2.24) is 14.7 Å². The largest absolute Gasteiger partial charge is 0.430 e. The molecule has 2 aliphatic rings. The van der Waals surface area contributed by atoms with E-state index in [1.54, 1.807) is 0 Å². The van der Waals surface area contributed by atoms with Crippen LogP contribution in [0.4, 0.5) is 35.5 Å². The number of halogens is 7. The highest BCUT2D eigenvalue weighted by molar-refractivity contribution is 7.92. The Morgan fingerprint density at radius 3 is 1.76 bits per heavy atom. The molecule has 0 radical (unpaired) electrons. The lowest BCUT2D eigenvalue weighted by atomic mass is 9.89. The van der Waals surface area contributed by atoms with Gasteiger partial charge in [-0.25, -0.2) is 17.6 Å². The van der Waals surface area contributed by atoms with Crippen LogP contribution in [0.1, 0.15) is 24.5 Å². The van der Waals surface area contributed by atoms with Crippen LogP contribution in [-0.4, -0.2) is 91.8 Å². The Morgan fingerprint density at radius 2 is 1.29 bits per heavy atom. The SMILES string of the molecule is CC(=O)N1CCN(C(=O)N2CC[C@@](c3ccc(C(O)(C(F)(F)F)C(F)(F)F)cc3)(S(=O)(=O)c3ccc(F)cc3)C2)CC1. The Hall–Kier alpha value is -3.40. The second-order valence-electron chi connectivity index (χ2n) is 10.2. The minimum Gasteiger partial charge on any atom is -0.369 e. The first-order valence-corrected chi connectivity index (χ1v) is 14.1. The highest BCUT2D eigenvalue weighted by Crippen LogP contribution is 2.51. The molecule has 3 amide bonds. The summed E-state index contributed by atoms with van der Waals surface area (Å²) >= 11 is 0. The fourth-order valence-corrected chi connectivity index (χ4v) is 7.39. The third-order valence-electron chi connectivity index (χ3n) is 7.79. The second kappa shape index (κ2) is 10.7. The normalized spacial score (nSPS) is 20.6. The predicted molar refractivity (Wildman–Crippen MR) is 133 cm³/mol. The number of benzene rings is 2. The average molecular weight is 626 g/mol. The summed E-state index contributed by atoms with van der Waals surface area (Å²) in [5.74, 6) is -0.932. The summed E-state index contributed by atoms with van der Waals surface area (Å²) < 4.78 is 120. The third-order valence-corrected chi connectivity index (χ3v) is 10.3. The van der Waals surface area contributed by atoms with Gasteiger partial charge in [0.1, 0.15) is 10.6 Å². The molecular formula is C26H26F7N3O5S. The number of carbonyl (C=O) groups excluding carboxylic acids is 2. The van der Waals surface area contributed by atoms with Crippen LogP contribution < -0.4 is 0 Å². The van der Waals surface area contributed by atoms with Gasteiger partial charge < -0.3 is 19.8 Å². The van der Waals surface area contributed by atoms with E-state index in [-0.39, 0.29) is 55.5 Å². The number of aliphatic hydroxyl groups is 1. The predicted octanol–water partition coefficient (Wildman–Crippen LogP) is 3.80. The summed E-state index contributed by atoms with van der Waals surface area (Å²) in [7, 11) is -4.53. The number of hydrogen-bond donors (Lipinski definition) is 1. The van der Waals surface area contributed by atoms with E-state index in [2.05, 4.69) is 0 Å². The van der Waals surface area contributed by atoms with Crippen LogP contribution in [0.2, 0.25) is 0 Å². The number of rotatable bonds is 4. The van der Waals surface area contributed by atoms with E-state index >= 15 is 0 Å². The van der Waals surface area contributed by atoms with Crippen molar-refractivity contribution in [3.05, 3.63) is 65.5 Å². The number of amides is 3. The molecule has 0 unspecified atom stereocenters. The number of sulfone groups is 1. The Labute approximate surface area is 236 Å². The van der Waals surface area contributed by atoms with Crippen LogP contribution in [0.5, 0.6) is 0 Å². The topological polar surface area (TPSA) is 98.2 Å². The Morgan fingerprint density at radius 1 is 0.786 bits per heavy atom. The lowest BCUT2D eigenvalue weighted by Gasteiger charge is -2.37. The molecule has 0 bridgehead atoms. The molecule has 2 aliphatic heterocycles. The van der Waals surface area contributed by atoms with Crippen LogP contribution in [0.15, 0.2) is 53.4 Å². The Bertz CT molecular complexity index is 1420. The first-order chi connectivity index (χ1) is 19.3. The monoisotopic (exact) mass is 625 g/mol. The minimum absolute atomic E-state index is 0.136. The van der Waals surface area contributed by atoms with E-state index < -0.39 is 56.5 Å². The molecule has 2 aromatic carbocycles. The van der Waals surface area contributed by atoms with Gasteiger partial charge in [0.15, 0.2) is 9.84 Å². The standard InChI is InChI=1S/C26H26F7N3O5S/c1-17(37)34-12-14-35(15-13-34)22(38)36-11-10-23(16-36,42(40,41)21-8-6-20(27)7-9-21)18-2-4-19(5-3-18)24(39,25(28,29)30)26(31,32)33/h2-9,39H,10-16H2,1H3/t23-/m1/s1. The molecule has 0 spiro atoms. The van der Waals surface area contributed by atoms with Crippen molar-refractivity contribution >= 4 is 21.8 Å². The van der Waals surface area contributed by atoms with Gasteiger partial charge in [0.25, 0.3) is 5.60 Å². The van der Waals surface area contributed by atoms with Gasteiger partial charge in [-0.1, -0.05) is 24.3 Å². The highest BCUT2D eigenvalue weighted by Gasteiger charge is 2.71. The number of nitrogens with zero attached hydrogens (tertiary/aromatic N) is 3. The third kappa shape index (κ3) is 5.18. The molecule has 1 N–H and O–H groups in total. The number of likely N-dealkylation sites (tertiary alicyclic amines) is 1. The summed E-state index contributed by atoms with van der Waals surface area (Å²) in [6, 6.07) is 5.33. The van der Waals surface area contributed by atoms with Crippen LogP contribution in [-0.2, 0) is 25.0 Å². The van der Waals surface area contributed by atoms with Crippen LogP contribution in [0.3, 0.4) is 0 Å². The zero-order valence-electron chi connectivity index (χ0n) is 22.0. The lowest BCUT2D eigenvalue weighted by Crippen LogP contribution is -2.54. The van der Waals surface area contributed by atoms with Crippen LogP contribution >= 0.6 is 0 Å². The molecule has 0 saturated carbocycles. The average Bonchev–Trinajstić information content (AvgIpc) is 3.39. The number of carbonyl (C=O) groups is 2. The Kier molecular flexibility index (Phi) is 8.04. The van der Waals surface area contributed by atoms with Crippen molar-refractivity contribution in [3.63, 3.8) is 0 Å². The molecule has 2 saturated heterocycles. The van der Waals surface area contributed by atoms with Gasteiger partial charge in [0.2, 0.25) is 5.91 Å². The smallest absolute Gasteiger partial charge is 0.369 e. The van der Waals surface area contributed by atoms with E-state index in [1.165, 1.54) is 21.6 Å². The quantitative estimate of drug-likeness (QED) is 0.412. The van der Waals surface area contributed by atoms with E-state index in [9.17, 15) is 53.8 Å². The van der Waals surface area contributed by atoms with Gasteiger partial charge in [-0.2, -0.15) is 26.3 Å². The maximum absolute atomic E-state index is 14.0. The summed E-state index contributed by atoms with van der Waals surface area (Å²) in [6.07, 6.45) is -12.6. The zero-order chi connectivity index (χ0) is 31.3. The van der Waals surface area contributed by atoms with Crippen molar-refractivity contribution in [2.45, 2.75) is 40.9 Å². The maximum atomic E-state index is 14.0. The van der Waals surface area contributed by atoms with Crippen LogP contribution in [0.25, 0.3) is 0 Å². The molecule has 8 nitrogen and oxygen atoms in total. The summed E-state index contributed by atoms with van der Waals surface area (Å²) in [6.45, 7) is 1.54. The van der Waals surface area contributed by atoms with Gasteiger partial charge in [-0.05, 0) is 36.2 Å². The molecule has 2 fully saturated rings. The number of alkyl halides is 6. The summed E-state index contributed by atoms with van der Waals surface area (Å²) in [4.78, 5) is 28.7. The molecule has 2 aromatic rings. The van der Waals surface area contributed by atoms with Crippen molar-refractivity contribution in [2.24, 2.45) is 0 Å². The molecule has 2 heterocycles. The van der Waals surface area contributed by atoms with Crippen molar-refractivity contribution in [3.8, 4) is 0 Å². The first-order valence-electron chi connectivity index (χ1n) is 12.6. The van der Waals surface area contributed by atoms with E-state index in [1.807, 2.05) is 0 Å². The van der Waals surface area contributed by atoms with Gasteiger partial charge >= 0.3 is 18.4 Å². The molecule has 230 valence electrons. The number of urea groups is 1. The molecular weight excluding hydrogens is 599 g/mol. The molecule has 0 aromatic heterocycles. The summed E-state index contributed by atoms with van der Waals surface area (Å²) in [5, 5.41) is 9.77. The van der Waals surface area contributed by atoms with Gasteiger partial charge in [0.05, 0.1) is 4.90 Å². The number of piperazine rings is 1. The molecule has 0 aliphatic carbocycles. The minimum atomic E-state index is -6.15. The zero-order valence-corrected chi connectivity index (χ0v) is 22.9. The molecule has 16 heteroatoms. The van der Waals surface area contributed by atoms with Crippen molar-refractivity contribution in [2.75, 3.05) is 39.3 Å². The van der Waals surface area contributed by atoms with Gasteiger partial charge in [-0.15, -0.1) is 0 Å². The maximum Gasteiger partial charge on any atom is 0.430 e. The van der Waals surface area contributed by atoms with Crippen LogP contribution in [0, 0.1) is 5.82 Å². The number of hydrogen-bond acceptors (Lipinski definition) is 5. The van der Waals surface area contributed by atoms with Gasteiger partial charge in [0, 0.05) is 51.8 Å². The van der Waals surface area contributed by atoms with Gasteiger partial charge in [-0.3, -0.25) is 4.79 Å². The lowest BCUT2D eigenvalue weighted by molar-refractivity contribution is -0.376. The highest BCUT2D eigenvalue weighted by atomic mass is 32.2.